The number of nitriles is 1. The first-order valence-corrected chi connectivity index (χ1v) is 12.4. The molecule has 2 unspecified atom stereocenters. The molecule has 4 aromatic rings. The number of terminal acetylenes is 1. The molecule has 6 rings (SSSR count). The second-order valence-electron chi connectivity index (χ2n) is 9.99. The molecule has 0 radical (unpaired) electrons. The predicted molar refractivity (Wildman–Crippen MR) is 139 cm³/mol. The van der Waals surface area contributed by atoms with Crippen molar-refractivity contribution in [2.24, 2.45) is 18.9 Å². The molecular formula is C28H26N8O. The molecule has 2 saturated carbocycles. The summed E-state index contributed by atoms with van der Waals surface area (Å²) in [5.74, 6) is 3.54. The highest BCUT2D eigenvalue weighted by Gasteiger charge is 2.43. The molecule has 9 nitrogen and oxygen atoms in total. The summed E-state index contributed by atoms with van der Waals surface area (Å²) in [5.41, 5.74) is 4.97. The van der Waals surface area contributed by atoms with Gasteiger partial charge in [-0.2, -0.15) is 15.5 Å². The molecule has 1 amide bonds. The van der Waals surface area contributed by atoms with Crippen LogP contribution in [0.25, 0.3) is 27.8 Å². The Kier molecular flexibility index (Phi) is 5.61. The highest BCUT2D eigenvalue weighted by molar-refractivity contribution is 5.93. The van der Waals surface area contributed by atoms with E-state index in [-0.39, 0.29) is 11.9 Å². The number of pyridine rings is 2. The highest BCUT2D eigenvalue weighted by Crippen LogP contribution is 2.43. The largest absolute Gasteiger partial charge is 0.367 e. The van der Waals surface area contributed by atoms with E-state index in [4.69, 9.17) is 11.4 Å². The number of aromatic nitrogens is 5. The summed E-state index contributed by atoms with van der Waals surface area (Å²) in [6.07, 6.45) is 18.5. The van der Waals surface area contributed by atoms with E-state index in [1.807, 2.05) is 44.0 Å². The number of hydrogen-bond acceptors (Lipinski definition) is 6. The molecule has 0 spiro atoms. The molecule has 4 aromatic heterocycles. The first kappa shape index (κ1) is 22.8. The molecule has 4 heterocycles. The maximum atomic E-state index is 11.7. The molecule has 0 aromatic carbocycles. The van der Waals surface area contributed by atoms with Crippen LogP contribution in [0.2, 0.25) is 0 Å². The van der Waals surface area contributed by atoms with Crippen molar-refractivity contribution in [1.82, 2.24) is 29.7 Å². The Morgan fingerprint density at radius 2 is 1.89 bits per heavy atom. The van der Waals surface area contributed by atoms with E-state index in [0.29, 0.717) is 23.4 Å². The maximum Gasteiger partial charge on any atom is 0.295 e. The number of hydrogen-bond donors (Lipinski definition) is 2. The lowest BCUT2D eigenvalue weighted by atomic mass is 9.81. The van der Waals surface area contributed by atoms with Crippen molar-refractivity contribution in [2.75, 3.05) is 5.32 Å². The lowest BCUT2D eigenvalue weighted by Gasteiger charge is -2.36. The zero-order valence-electron chi connectivity index (χ0n) is 20.4. The summed E-state index contributed by atoms with van der Waals surface area (Å²) in [5, 5.41) is 25.0. The minimum Gasteiger partial charge on any atom is -0.367 e. The number of carbonyl (C=O) groups is 1. The first-order chi connectivity index (χ1) is 18.0. The zero-order chi connectivity index (χ0) is 25.5. The molecule has 2 aliphatic rings. The number of rotatable bonds is 5. The standard InChI is InChI=1S/C28H26N8O/c1-3-26(37)34-27-17-4-5-18(27)9-23(8-17)33-25-7-6-19(12-30-25)24-10-20(22-14-31-35(2)15-22)16-36-28(24)21(11-29)13-32-36/h1,6-7,10,12-18,23,27H,4-5,8-9H2,2H3,(H,30,33)(H,34,37). The Morgan fingerprint density at radius 1 is 1.08 bits per heavy atom. The Morgan fingerprint density at radius 3 is 2.54 bits per heavy atom. The summed E-state index contributed by atoms with van der Waals surface area (Å²) < 4.78 is 3.50. The zero-order valence-corrected chi connectivity index (χ0v) is 20.4. The summed E-state index contributed by atoms with van der Waals surface area (Å²) in [4.78, 5) is 16.4. The number of amides is 1. The van der Waals surface area contributed by atoms with Gasteiger partial charge >= 0.3 is 0 Å². The molecule has 184 valence electrons. The van der Waals surface area contributed by atoms with E-state index < -0.39 is 0 Å². The van der Waals surface area contributed by atoms with Crippen molar-refractivity contribution in [3.63, 3.8) is 0 Å². The lowest BCUT2D eigenvalue weighted by Crippen LogP contribution is -2.47. The van der Waals surface area contributed by atoms with Crippen LogP contribution in [0.15, 0.2) is 49.2 Å². The highest BCUT2D eigenvalue weighted by atomic mass is 16.1. The van der Waals surface area contributed by atoms with Crippen molar-refractivity contribution in [3.05, 3.63) is 54.7 Å². The minimum atomic E-state index is -0.315. The van der Waals surface area contributed by atoms with Gasteiger partial charge in [0.1, 0.15) is 11.9 Å². The van der Waals surface area contributed by atoms with Crippen molar-refractivity contribution in [3.8, 4) is 40.7 Å². The number of anilines is 1. The van der Waals surface area contributed by atoms with Crippen molar-refractivity contribution >= 4 is 17.2 Å². The van der Waals surface area contributed by atoms with E-state index in [2.05, 4.69) is 38.9 Å². The smallest absolute Gasteiger partial charge is 0.295 e. The molecule has 2 bridgehead atoms. The van der Waals surface area contributed by atoms with Crippen molar-refractivity contribution < 1.29 is 4.79 Å². The van der Waals surface area contributed by atoms with Crippen LogP contribution in [0, 0.1) is 35.5 Å². The number of fused-ring (bicyclic) bond motifs is 3. The molecule has 9 heteroatoms. The maximum absolute atomic E-state index is 11.7. The quantitative estimate of drug-likeness (QED) is 0.415. The number of nitrogens with one attached hydrogen (secondary N) is 2. The topological polar surface area (TPSA) is 113 Å². The van der Waals surface area contributed by atoms with Crippen molar-refractivity contribution in [2.45, 2.75) is 37.8 Å². The Labute approximate surface area is 214 Å². The Balaban J connectivity index is 1.25. The van der Waals surface area contributed by atoms with Gasteiger partial charge in [0, 0.05) is 60.0 Å². The van der Waals surface area contributed by atoms with Gasteiger partial charge < -0.3 is 10.6 Å². The fourth-order valence-corrected chi connectivity index (χ4v) is 6.07. The van der Waals surface area contributed by atoms with E-state index >= 15 is 0 Å². The van der Waals surface area contributed by atoms with Crippen LogP contribution in [0.1, 0.15) is 31.2 Å². The van der Waals surface area contributed by atoms with Gasteiger partial charge in [0.2, 0.25) is 0 Å². The van der Waals surface area contributed by atoms with E-state index in [9.17, 15) is 10.1 Å². The molecule has 0 aliphatic heterocycles. The molecule has 2 aliphatic carbocycles. The van der Waals surface area contributed by atoms with Gasteiger partial charge in [-0.1, -0.05) is 0 Å². The monoisotopic (exact) mass is 490 g/mol. The van der Waals surface area contributed by atoms with Gasteiger partial charge in [-0.15, -0.1) is 6.42 Å². The summed E-state index contributed by atoms with van der Waals surface area (Å²) in [6.45, 7) is 0. The van der Waals surface area contributed by atoms with Crippen molar-refractivity contribution in [1.29, 1.82) is 5.26 Å². The molecule has 37 heavy (non-hydrogen) atoms. The number of nitrogens with zero attached hydrogens (tertiary/aromatic N) is 6. The molecular weight excluding hydrogens is 464 g/mol. The van der Waals surface area contributed by atoms with Gasteiger partial charge in [0.25, 0.3) is 5.91 Å². The second kappa shape index (κ2) is 9.11. The van der Waals surface area contributed by atoms with Crippen LogP contribution in [0.5, 0.6) is 0 Å². The van der Waals surface area contributed by atoms with Crippen LogP contribution in [0.4, 0.5) is 5.82 Å². The van der Waals surface area contributed by atoms with Crippen LogP contribution in [0.3, 0.4) is 0 Å². The van der Waals surface area contributed by atoms with E-state index in [1.54, 1.807) is 15.4 Å². The van der Waals surface area contributed by atoms with Crippen LogP contribution >= 0.6 is 0 Å². The average Bonchev–Trinajstić information content (AvgIpc) is 3.59. The average molecular weight is 491 g/mol. The fraction of sp³-hybridized carbons (Fsp3) is 0.321. The van der Waals surface area contributed by atoms with Crippen LogP contribution < -0.4 is 10.6 Å². The third kappa shape index (κ3) is 4.19. The summed E-state index contributed by atoms with van der Waals surface area (Å²) in [7, 11) is 1.88. The lowest BCUT2D eigenvalue weighted by molar-refractivity contribution is -0.117. The van der Waals surface area contributed by atoms with Gasteiger partial charge in [-0.05, 0) is 61.6 Å². The van der Waals surface area contributed by atoms with Crippen LogP contribution in [-0.4, -0.2) is 42.4 Å². The third-order valence-corrected chi connectivity index (χ3v) is 7.72. The van der Waals surface area contributed by atoms with Gasteiger partial charge in [0.05, 0.1) is 23.5 Å². The summed E-state index contributed by atoms with van der Waals surface area (Å²) in [6, 6.07) is 8.80. The third-order valence-electron chi connectivity index (χ3n) is 7.72. The minimum absolute atomic E-state index is 0.177. The number of aryl methyl sites for hydroxylation is 1. The van der Waals surface area contributed by atoms with Crippen LogP contribution in [-0.2, 0) is 11.8 Å². The Hall–Kier alpha value is -4.63. The second-order valence-corrected chi connectivity index (χ2v) is 9.99. The van der Waals surface area contributed by atoms with Gasteiger partial charge in [-0.3, -0.25) is 9.48 Å². The molecule has 2 atom stereocenters. The summed E-state index contributed by atoms with van der Waals surface area (Å²) >= 11 is 0. The SMILES string of the molecule is C#CC(=O)NC1C2CCC1CC(Nc1ccc(-c3cc(-c4cnn(C)c4)cn4ncc(C#N)c34)cn1)C2. The predicted octanol–water partition coefficient (Wildman–Crippen LogP) is 3.39. The van der Waals surface area contributed by atoms with Gasteiger partial charge in [0.15, 0.2) is 0 Å². The first-order valence-electron chi connectivity index (χ1n) is 12.4. The van der Waals surface area contributed by atoms with E-state index in [0.717, 1.165) is 59.3 Å². The van der Waals surface area contributed by atoms with E-state index in [1.165, 1.54) is 0 Å². The molecule has 2 N–H and O–H groups in total. The molecule has 0 saturated heterocycles. The van der Waals surface area contributed by atoms with Gasteiger partial charge in [-0.25, -0.2) is 9.50 Å². The normalized spacial score (nSPS) is 22.4. The Bertz CT molecular complexity index is 1550. The molecule has 2 fully saturated rings. The fourth-order valence-electron chi connectivity index (χ4n) is 6.07. The number of carbonyl (C=O) groups excluding carboxylic acids is 1.